The van der Waals surface area contributed by atoms with Crippen LogP contribution >= 0.6 is 11.3 Å². The number of aromatic nitrogens is 2. The maximum absolute atomic E-state index is 13.2. The van der Waals surface area contributed by atoms with Crippen LogP contribution in [0.2, 0.25) is 0 Å². The standard InChI is InChI=1S/C28H31N5O3S/c1-4-33-17-25(27(34)31-30-19(2)20-5-8-23(35-3)9-6-20)24-15-21(7-10-26(24)33)28-29-22(18-37-28)16-32-11-13-36-14-12-32/h5-10,15,17-18H,4,11-14,16H2,1-3H3,(H,31,34)/b30-19+. The van der Waals surface area contributed by atoms with Gasteiger partial charge in [-0.3, -0.25) is 9.69 Å². The highest BCUT2D eigenvalue weighted by atomic mass is 32.1. The van der Waals surface area contributed by atoms with Gasteiger partial charge in [-0.05, 0) is 61.9 Å². The van der Waals surface area contributed by atoms with Crippen LogP contribution < -0.4 is 10.2 Å². The van der Waals surface area contributed by atoms with Crippen molar-refractivity contribution in [3.05, 3.63) is 70.9 Å². The fourth-order valence-corrected chi connectivity index (χ4v) is 5.27. The zero-order chi connectivity index (χ0) is 25.8. The molecule has 1 fully saturated rings. The highest BCUT2D eigenvalue weighted by Crippen LogP contribution is 2.30. The number of thiazole rings is 1. The number of hydrogen-bond donors (Lipinski definition) is 1. The van der Waals surface area contributed by atoms with Crippen molar-refractivity contribution in [1.29, 1.82) is 0 Å². The first-order valence-electron chi connectivity index (χ1n) is 12.4. The number of carbonyl (C=O) groups excluding carboxylic acids is 1. The number of morpholine rings is 1. The van der Waals surface area contributed by atoms with E-state index in [2.05, 4.69) is 50.5 Å². The van der Waals surface area contributed by atoms with Crippen LogP contribution in [0, 0.1) is 0 Å². The normalized spacial score (nSPS) is 14.7. The Morgan fingerprint density at radius 3 is 2.70 bits per heavy atom. The molecule has 1 amide bonds. The monoisotopic (exact) mass is 517 g/mol. The van der Waals surface area contributed by atoms with Gasteiger partial charge in [0.05, 0.1) is 37.3 Å². The van der Waals surface area contributed by atoms with Gasteiger partial charge in [-0.25, -0.2) is 10.4 Å². The topological polar surface area (TPSA) is 81.0 Å². The maximum Gasteiger partial charge on any atom is 0.273 e. The molecule has 0 aliphatic carbocycles. The summed E-state index contributed by atoms with van der Waals surface area (Å²) in [4.78, 5) is 20.5. The van der Waals surface area contributed by atoms with Gasteiger partial charge in [0.25, 0.3) is 5.91 Å². The van der Waals surface area contributed by atoms with Crippen molar-refractivity contribution >= 4 is 33.9 Å². The third-order valence-corrected chi connectivity index (χ3v) is 7.53. The third-order valence-electron chi connectivity index (χ3n) is 6.59. The highest BCUT2D eigenvalue weighted by molar-refractivity contribution is 7.13. The Morgan fingerprint density at radius 1 is 1.19 bits per heavy atom. The van der Waals surface area contributed by atoms with Crippen LogP contribution in [0.15, 0.2) is 59.1 Å². The van der Waals surface area contributed by atoms with E-state index in [9.17, 15) is 4.79 Å². The largest absolute Gasteiger partial charge is 0.497 e. The van der Waals surface area contributed by atoms with Crippen molar-refractivity contribution < 1.29 is 14.3 Å². The number of aryl methyl sites for hydroxylation is 1. The number of benzene rings is 2. The van der Waals surface area contributed by atoms with Gasteiger partial charge < -0.3 is 14.0 Å². The molecule has 1 aliphatic rings. The van der Waals surface area contributed by atoms with Crippen molar-refractivity contribution in [2.75, 3.05) is 33.4 Å². The van der Waals surface area contributed by atoms with Gasteiger partial charge >= 0.3 is 0 Å². The second-order valence-corrected chi connectivity index (χ2v) is 9.82. The first-order chi connectivity index (χ1) is 18.1. The maximum atomic E-state index is 13.2. The van der Waals surface area contributed by atoms with E-state index in [-0.39, 0.29) is 5.91 Å². The molecule has 5 rings (SSSR count). The zero-order valence-corrected chi connectivity index (χ0v) is 22.2. The Balaban J connectivity index is 1.38. The summed E-state index contributed by atoms with van der Waals surface area (Å²) in [5.41, 5.74) is 8.04. The van der Waals surface area contributed by atoms with Crippen molar-refractivity contribution in [3.8, 4) is 16.3 Å². The van der Waals surface area contributed by atoms with E-state index in [1.807, 2.05) is 37.4 Å². The predicted octanol–water partition coefficient (Wildman–Crippen LogP) is 4.78. The summed E-state index contributed by atoms with van der Waals surface area (Å²) in [5.74, 6) is 0.534. The number of hydrogen-bond acceptors (Lipinski definition) is 7. The minimum Gasteiger partial charge on any atom is -0.497 e. The molecule has 4 aromatic rings. The van der Waals surface area contributed by atoms with Crippen molar-refractivity contribution in [2.24, 2.45) is 5.10 Å². The van der Waals surface area contributed by atoms with Crippen molar-refractivity contribution in [3.63, 3.8) is 0 Å². The second kappa shape index (κ2) is 11.2. The molecule has 2 aromatic heterocycles. The molecule has 0 atom stereocenters. The number of carbonyl (C=O) groups is 1. The van der Waals surface area contributed by atoms with Gasteiger partial charge in [0.1, 0.15) is 10.8 Å². The van der Waals surface area contributed by atoms with E-state index in [1.165, 1.54) is 0 Å². The summed E-state index contributed by atoms with van der Waals surface area (Å²) in [5, 5.41) is 8.31. The van der Waals surface area contributed by atoms with Gasteiger partial charge in [0, 0.05) is 54.2 Å². The van der Waals surface area contributed by atoms with Crippen LogP contribution in [0.1, 0.15) is 35.5 Å². The molecule has 0 radical (unpaired) electrons. The Labute approximate surface area is 220 Å². The SMILES string of the molecule is CCn1cc(C(=O)N/N=C(\C)c2ccc(OC)cc2)c2cc(-c3nc(CN4CCOCC4)cs3)ccc21. The van der Waals surface area contributed by atoms with Crippen LogP contribution in [0.5, 0.6) is 5.75 Å². The molecule has 1 aliphatic heterocycles. The molecular formula is C28H31N5O3S. The molecule has 1 saturated heterocycles. The number of nitrogens with zero attached hydrogens (tertiary/aromatic N) is 4. The van der Waals surface area contributed by atoms with E-state index in [0.29, 0.717) is 11.3 Å². The minimum atomic E-state index is -0.241. The summed E-state index contributed by atoms with van der Waals surface area (Å²) in [6.07, 6.45) is 1.90. The van der Waals surface area contributed by atoms with Gasteiger partial charge in [0.15, 0.2) is 0 Å². The lowest BCUT2D eigenvalue weighted by Gasteiger charge is -2.25. The third kappa shape index (κ3) is 5.58. The summed E-state index contributed by atoms with van der Waals surface area (Å²) in [6, 6.07) is 13.8. The average molecular weight is 518 g/mol. The molecule has 3 heterocycles. The molecule has 2 aromatic carbocycles. The molecule has 0 spiro atoms. The van der Waals surface area contributed by atoms with Crippen LogP contribution in [0.3, 0.4) is 0 Å². The molecule has 8 nitrogen and oxygen atoms in total. The van der Waals surface area contributed by atoms with Gasteiger partial charge in [-0.2, -0.15) is 5.10 Å². The lowest BCUT2D eigenvalue weighted by atomic mass is 10.1. The van der Waals surface area contributed by atoms with Crippen LogP contribution in [0.25, 0.3) is 21.5 Å². The van der Waals surface area contributed by atoms with E-state index >= 15 is 0 Å². The van der Waals surface area contributed by atoms with Crippen LogP contribution in [-0.2, 0) is 17.8 Å². The number of nitrogens with one attached hydrogen (secondary N) is 1. The average Bonchev–Trinajstić information content (AvgIpc) is 3.56. The van der Waals surface area contributed by atoms with E-state index in [4.69, 9.17) is 14.5 Å². The predicted molar refractivity (Wildman–Crippen MR) is 147 cm³/mol. The Morgan fingerprint density at radius 2 is 1.97 bits per heavy atom. The molecule has 192 valence electrons. The van der Waals surface area contributed by atoms with Gasteiger partial charge in [-0.15, -0.1) is 11.3 Å². The van der Waals surface area contributed by atoms with Crippen molar-refractivity contribution in [1.82, 2.24) is 19.9 Å². The summed E-state index contributed by atoms with van der Waals surface area (Å²) < 4.78 is 12.7. The molecule has 0 bridgehead atoms. The smallest absolute Gasteiger partial charge is 0.273 e. The second-order valence-electron chi connectivity index (χ2n) is 8.96. The van der Waals surface area contributed by atoms with Crippen LogP contribution in [0.4, 0.5) is 0 Å². The number of ether oxygens (including phenoxy) is 2. The van der Waals surface area contributed by atoms with E-state index < -0.39 is 0 Å². The first kappa shape index (κ1) is 25.1. The fraction of sp³-hybridized carbons (Fsp3) is 0.321. The molecule has 1 N–H and O–H groups in total. The van der Waals surface area contributed by atoms with Crippen LogP contribution in [-0.4, -0.2) is 59.5 Å². The molecule has 9 heteroatoms. The Kier molecular flexibility index (Phi) is 7.64. The summed E-state index contributed by atoms with van der Waals surface area (Å²) in [7, 11) is 1.63. The fourth-order valence-electron chi connectivity index (χ4n) is 4.46. The molecule has 0 unspecified atom stereocenters. The number of methoxy groups -OCH3 is 1. The number of hydrazone groups is 1. The van der Waals surface area contributed by atoms with E-state index in [1.54, 1.807) is 18.4 Å². The Hall–Kier alpha value is -3.53. The summed E-state index contributed by atoms with van der Waals surface area (Å²) in [6.45, 7) is 8.94. The lowest BCUT2D eigenvalue weighted by molar-refractivity contribution is 0.0337. The van der Waals surface area contributed by atoms with Gasteiger partial charge in [0.2, 0.25) is 0 Å². The summed E-state index contributed by atoms with van der Waals surface area (Å²) >= 11 is 1.63. The molecular weight excluding hydrogens is 486 g/mol. The number of rotatable bonds is 8. The highest BCUT2D eigenvalue weighted by Gasteiger charge is 2.17. The lowest BCUT2D eigenvalue weighted by Crippen LogP contribution is -2.35. The first-order valence-corrected chi connectivity index (χ1v) is 13.3. The number of amides is 1. The molecule has 37 heavy (non-hydrogen) atoms. The number of fused-ring (bicyclic) bond motifs is 1. The minimum absolute atomic E-state index is 0.241. The van der Waals surface area contributed by atoms with E-state index in [0.717, 1.165) is 77.9 Å². The van der Waals surface area contributed by atoms with Crippen molar-refractivity contribution in [2.45, 2.75) is 26.9 Å². The van der Waals surface area contributed by atoms with Gasteiger partial charge in [-0.1, -0.05) is 0 Å². The quantitative estimate of drug-likeness (QED) is 0.269. The zero-order valence-electron chi connectivity index (χ0n) is 21.4. The Bertz CT molecular complexity index is 1420. The molecule has 0 saturated carbocycles.